The molecule has 0 aliphatic carbocycles. The summed E-state index contributed by atoms with van der Waals surface area (Å²) >= 11 is 3.52. The molecule has 2 rings (SSSR count). The lowest BCUT2D eigenvalue weighted by Gasteiger charge is -2.31. The van der Waals surface area contributed by atoms with Crippen molar-refractivity contribution in [3.05, 3.63) is 29.8 Å². The maximum Gasteiger partial charge on any atom is 0.227 e. The molecule has 1 fully saturated rings. The molecule has 1 heterocycles. The number of hydrogen-bond donors (Lipinski definition) is 0. The van der Waals surface area contributed by atoms with Crippen LogP contribution in [-0.2, 0) is 11.2 Å². The van der Waals surface area contributed by atoms with Gasteiger partial charge in [-0.15, -0.1) is 0 Å². The molecule has 1 aromatic carbocycles. The maximum absolute atomic E-state index is 12.3. The van der Waals surface area contributed by atoms with Gasteiger partial charge in [-0.25, -0.2) is 0 Å². The van der Waals surface area contributed by atoms with Gasteiger partial charge in [-0.1, -0.05) is 34.1 Å². The third-order valence-corrected chi connectivity index (χ3v) is 4.64. The van der Waals surface area contributed by atoms with Gasteiger partial charge < -0.3 is 9.64 Å². The summed E-state index contributed by atoms with van der Waals surface area (Å²) in [5.74, 6) is 1.72. The Hall–Kier alpha value is -1.03. The number of alkyl halides is 1. The van der Waals surface area contributed by atoms with Gasteiger partial charge in [0.25, 0.3) is 0 Å². The second-order valence-electron chi connectivity index (χ2n) is 4.97. The number of carbonyl (C=O) groups is 1. The number of benzene rings is 1. The van der Waals surface area contributed by atoms with Crippen LogP contribution in [0.15, 0.2) is 24.3 Å². The van der Waals surface area contributed by atoms with E-state index in [1.54, 1.807) is 7.11 Å². The molecule has 1 saturated heterocycles. The summed E-state index contributed by atoms with van der Waals surface area (Å²) in [6.45, 7) is 1.76. The van der Waals surface area contributed by atoms with Gasteiger partial charge in [-0.3, -0.25) is 4.79 Å². The normalized spacial score (nSPS) is 16.4. The minimum atomic E-state index is 0.206. The standard InChI is InChI=1S/C15H20BrNO2/c1-19-14-5-3-2-4-13(14)10-15(18)17-8-6-12(11-16)7-9-17/h2-5,12H,6-11H2,1H3. The molecule has 1 amide bonds. The average Bonchev–Trinajstić information content (AvgIpc) is 2.48. The van der Waals surface area contributed by atoms with E-state index in [1.807, 2.05) is 29.2 Å². The van der Waals surface area contributed by atoms with Crippen LogP contribution in [0.2, 0.25) is 0 Å². The molecular weight excluding hydrogens is 306 g/mol. The number of carbonyl (C=O) groups excluding carboxylic acids is 1. The highest BCUT2D eigenvalue weighted by Gasteiger charge is 2.22. The van der Waals surface area contributed by atoms with Crippen molar-refractivity contribution in [3.63, 3.8) is 0 Å². The molecule has 3 nitrogen and oxygen atoms in total. The summed E-state index contributed by atoms with van der Waals surface area (Å²) in [5.41, 5.74) is 0.970. The van der Waals surface area contributed by atoms with Crippen molar-refractivity contribution in [2.24, 2.45) is 5.92 Å². The van der Waals surface area contributed by atoms with Gasteiger partial charge in [-0.05, 0) is 24.8 Å². The zero-order valence-electron chi connectivity index (χ0n) is 11.3. The van der Waals surface area contributed by atoms with Crippen LogP contribution in [0, 0.1) is 5.92 Å². The molecule has 0 radical (unpaired) electrons. The number of ether oxygens (including phenoxy) is 1. The zero-order chi connectivity index (χ0) is 13.7. The fourth-order valence-electron chi connectivity index (χ4n) is 2.46. The van der Waals surface area contributed by atoms with Crippen LogP contribution in [-0.4, -0.2) is 36.3 Å². The van der Waals surface area contributed by atoms with Crippen LogP contribution < -0.4 is 4.74 Å². The molecule has 104 valence electrons. The van der Waals surface area contributed by atoms with Crippen molar-refractivity contribution in [2.45, 2.75) is 19.3 Å². The van der Waals surface area contributed by atoms with E-state index >= 15 is 0 Å². The quantitative estimate of drug-likeness (QED) is 0.797. The van der Waals surface area contributed by atoms with Gasteiger partial charge >= 0.3 is 0 Å². The van der Waals surface area contributed by atoms with Crippen LogP contribution >= 0.6 is 15.9 Å². The minimum Gasteiger partial charge on any atom is -0.496 e. The van der Waals surface area contributed by atoms with E-state index in [1.165, 1.54) is 0 Å². The number of amides is 1. The lowest BCUT2D eigenvalue weighted by Crippen LogP contribution is -2.39. The van der Waals surface area contributed by atoms with E-state index in [4.69, 9.17) is 4.74 Å². The van der Waals surface area contributed by atoms with E-state index < -0.39 is 0 Å². The summed E-state index contributed by atoms with van der Waals surface area (Å²) in [4.78, 5) is 14.3. The van der Waals surface area contributed by atoms with Crippen molar-refractivity contribution in [1.82, 2.24) is 4.90 Å². The van der Waals surface area contributed by atoms with Gasteiger partial charge in [0.15, 0.2) is 0 Å². The van der Waals surface area contributed by atoms with E-state index in [0.29, 0.717) is 6.42 Å². The van der Waals surface area contributed by atoms with Crippen LogP contribution in [0.3, 0.4) is 0 Å². The van der Waals surface area contributed by atoms with Crippen molar-refractivity contribution < 1.29 is 9.53 Å². The van der Waals surface area contributed by atoms with Crippen molar-refractivity contribution in [3.8, 4) is 5.75 Å². The summed E-state index contributed by atoms with van der Waals surface area (Å²) in [6, 6.07) is 7.73. The summed E-state index contributed by atoms with van der Waals surface area (Å²) in [7, 11) is 1.64. The van der Waals surface area contributed by atoms with E-state index in [0.717, 1.165) is 48.5 Å². The Balaban J connectivity index is 1.94. The molecular formula is C15H20BrNO2. The molecule has 0 spiro atoms. The third kappa shape index (κ3) is 3.72. The molecule has 1 aliphatic heterocycles. The molecule has 0 saturated carbocycles. The Kier molecular flexibility index (Phi) is 5.25. The number of methoxy groups -OCH3 is 1. The van der Waals surface area contributed by atoms with Crippen LogP contribution in [0.4, 0.5) is 0 Å². The first kappa shape index (κ1) is 14.4. The van der Waals surface area contributed by atoms with E-state index in [2.05, 4.69) is 15.9 Å². The average molecular weight is 326 g/mol. The second-order valence-corrected chi connectivity index (χ2v) is 5.61. The van der Waals surface area contributed by atoms with E-state index in [9.17, 15) is 4.79 Å². The Labute approximate surface area is 123 Å². The highest BCUT2D eigenvalue weighted by atomic mass is 79.9. The fourth-order valence-corrected chi connectivity index (χ4v) is 3.11. The number of rotatable bonds is 4. The largest absolute Gasteiger partial charge is 0.496 e. The maximum atomic E-state index is 12.3. The highest BCUT2D eigenvalue weighted by Crippen LogP contribution is 2.22. The Bertz CT molecular complexity index is 428. The minimum absolute atomic E-state index is 0.206. The predicted octanol–water partition coefficient (Wildman–Crippen LogP) is 2.87. The zero-order valence-corrected chi connectivity index (χ0v) is 12.9. The highest BCUT2D eigenvalue weighted by molar-refractivity contribution is 9.09. The molecule has 0 atom stereocenters. The van der Waals surface area contributed by atoms with Crippen LogP contribution in [0.1, 0.15) is 18.4 Å². The van der Waals surface area contributed by atoms with Crippen LogP contribution in [0.25, 0.3) is 0 Å². The van der Waals surface area contributed by atoms with Crippen molar-refractivity contribution >= 4 is 21.8 Å². The lowest BCUT2D eigenvalue weighted by atomic mass is 9.98. The number of hydrogen-bond acceptors (Lipinski definition) is 2. The number of nitrogens with zero attached hydrogens (tertiary/aromatic N) is 1. The molecule has 19 heavy (non-hydrogen) atoms. The first-order valence-corrected chi connectivity index (χ1v) is 7.82. The summed E-state index contributed by atoms with van der Waals surface area (Å²) < 4.78 is 5.29. The van der Waals surface area contributed by atoms with Gasteiger partial charge in [0.2, 0.25) is 5.91 Å². The van der Waals surface area contributed by atoms with Gasteiger partial charge in [-0.2, -0.15) is 0 Å². The predicted molar refractivity (Wildman–Crippen MR) is 79.8 cm³/mol. The van der Waals surface area contributed by atoms with Crippen molar-refractivity contribution in [1.29, 1.82) is 0 Å². The SMILES string of the molecule is COc1ccccc1CC(=O)N1CCC(CBr)CC1. The topological polar surface area (TPSA) is 29.5 Å². The first-order chi connectivity index (χ1) is 9.24. The van der Waals surface area contributed by atoms with Gasteiger partial charge in [0, 0.05) is 24.0 Å². The number of likely N-dealkylation sites (tertiary alicyclic amines) is 1. The smallest absolute Gasteiger partial charge is 0.227 e. The Morgan fingerprint density at radius 3 is 2.68 bits per heavy atom. The fraction of sp³-hybridized carbons (Fsp3) is 0.533. The summed E-state index contributed by atoms with van der Waals surface area (Å²) in [5, 5.41) is 1.04. The van der Waals surface area contributed by atoms with Crippen LogP contribution in [0.5, 0.6) is 5.75 Å². The Morgan fingerprint density at radius 2 is 2.05 bits per heavy atom. The molecule has 4 heteroatoms. The summed E-state index contributed by atoms with van der Waals surface area (Å²) in [6.07, 6.45) is 2.63. The molecule has 0 unspecified atom stereocenters. The molecule has 0 bridgehead atoms. The molecule has 1 aliphatic rings. The first-order valence-electron chi connectivity index (χ1n) is 6.70. The molecule has 0 N–H and O–H groups in total. The number of para-hydroxylation sites is 1. The second kappa shape index (κ2) is 6.94. The van der Waals surface area contributed by atoms with Crippen molar-refractivity contribution in [2.75, 3.05) is 25.5 Å². The molecule has 0 aromatic heterocycles. The van der Waals surface area contributed by atoms with Gasteiger partial charge in [0.1, 0.15) is 5.75 Å². The third-order valence-electron chi connectivity index (χ3n) is 3.72. The van der Waals surface area contributed by atoms with Gasteiger partial charge in [0.05, 0.1) is 13.5 Å². The lowest BCUT2D eigenvalue weighted by molar-refractivity contribution is -0.131. The number of piperidine rings is 1. The van der Waals surface area contributed by atoms with E-state index in [-0.39, 0.29) is 5.91 Å². The molecule has 1 aromatic rings. The monoisotopic (exact) mass is 325 g/mol. The number of halogens is 1. The Morgan fingerprint density at radius 1 is 1.37 bits per heavy atom.